The van der Waals surface area contributed by atoms with Crippen LogP contribution in [0.1, 0.15) is 26.2 Å². The van der Waals surface area contributed by atoms with Gasteiger partial charge in [-0.05, 0) is 25.2 Å². The molecule has 2 saturated heterocycles. The van der Waals surface area contributed by atoms with Gasteiger partial charge in [-0.2, -0.15) is 0 Å². The van der Waals surface area contributed by atoms with E-state index in [-0.39, 0.29) is 6.04 Å². The second-order valence-electron chi connectivity index (χ2n) is 5.35. The van der Waals surface area contributed by atoms with Crippen LogP contribution in [0.2, 0.25) is 0 Å². The molecule has 0 bridgehead atoms. The first-order chi connectivity index (χ1) is 7.65. The van der Waals surface area contributed by atoms with Crippen molar-refractivity contribution in [1.29, 1.82) is 0 Å². The molecule has 1 amide bonds. The Morgan fingerprint density at radius 3 is 2.50 bits per heavy atom. The van der Waals surface area contributed by atoms with Crippen LogP contribution in [0.4, 0.5) is 0 Å². The van der Waals surface area contributed by atoms with Gasteiger partial charge in [0, 0.05) is 32.2 Å². The van der Waals surface area contributed by atoms with Gasteiger partial charge < -0.3 is 10.6 Å². The summed E-state index contributed by atoms with van der Waals surface area (Å²) in [4.78, 5) is 16.2. The van der Waals surface area contributed by atoms with Crippen LogP contribution in [0.5, 0.6) is 0 Å². The maximum absolute atomic E-state index is 12.0. The molecule has 0 radical (unpaired) electrons. The van der Waals surface area contributed by atoms with Crippen molar-refractivity contribution in [2.24, 2.45) is 11.7 Å². The molecule has 0 unspecified atom stereocenters. The first-order valence-corrected chi connectivity index (χ1v) is 6.41. The van der Waals surface area contributed by atoms with Crippen molar-refractivity contribution in [2.75, 3.05) is 32.7 Å². The van der Waals surface area contributed by atoms with Gasteiger partial charge in [-0.1, -0.05) is 6.92 Å². The third-order valence-electron chi connectivity index (χ3n) is 3.80. The van der Waals surface area contributed by atoms with Gasteiger partial charge in [-0.25, -0.2) is 0 Å². The van der Waals surface area contributed by atoms with E-state index in [1.54, 1.807) is 0 Å². The van der Waals surface area contributed by atoms with Gasteiger partial charge in [0.1, 0.15) is 0 Å². The topological polar surface area (TPSA) is 49.6 Å². The van der Waals surface area contributed by atoms with E-state index < -0.39 is 0 Å². The minimum absolute atomic E-state index is 0.272. The second kappa shape index (κ2) is 5.15. The molecule has 0 aliphatic carbocycles. The van der Waals surface area contributed by atoms with Gasteiger partial charge in [-0.3, -0.25) is 9.69 Å². The number of rotatable bonds is 2. The van der Waals surface area contributed by atoms with Crippen LogP contribution in [0, 0.1) is 5.92 Å². The van der Waals surface area contributed by atoms with E-state index in [0.717, 1.165) is 51.4 Å². The van der Waals surface area contributed by atoms with Crippen LogP contribution in [0.15, 0.2) is 0 Å². The lowest BCUT2D eigenvalue weighted by Crippen LogP contribution is -2.43. The summed E-state index contributed by atoms with van der Waals surface area (Å²) in [5, 5.41) is 0. The maximum Gasteiger partial charge on any atom is 0.236 e. The smallest absolute Gasteiger partial charge is 0.236 e. The van der Waals surface area contributed by atoms with E-state index in [1.165, 1.54) is 0 Å². The molecule has 2 heterocycles. The summed E-state index contributed by atoms with van der Waals surface area (Å²) in [7, 11) is 0. The molecule has 0 aromatic rings. The van der Waals surface area contributed by atoms with E-state index in [4.69, 9.17) is 5.73 Å². The molecular formula is C12H23N3O. The number of likely N-dealkylation sites (tertiary alicyclic amines) is 2. The Morgan fingerprint density at radius 2 is 1.94 bits per heavy atom. The largest absolute Gasteiger partial charge is 0.342 e. The number of amides is 1. The SMILES string of the molecule is CC1CCN(C(=O)CN2CC[C@H](N)C2)CC1. The summed E-state index contributed by atoms with van der Waals surface area (Å²) in [6.07, 6.45) is 3.35. The van der Waals surface area contributed by atoms with E-state index in [9.17, 15) is 4.79 Å². The highest BCUT2D eigenvalue weighted by molar-refractivity contribution is 5.78. The molecule has 2 aliphatic heterocycles. The summed E-state index contributed by atoms with van der Waals surface area (Å²) in [6, 6.07) is 0.272. The van der Waals surface area contributed by atoms with Gasteiger partial charge in [0.25, 0.3) is 0 Å². The Balaban J connectivity index is 1.75. The Morgan fingerprint density at radius 1 is 1.25 bits per heavy atom. The van der Waals surface area contributed by atoms with Crippen molar-refractivity contribution in [1.82, 2.24) is 9.80 Å². The second-order valence-corrected chi connectivity index (χ2v) is 5.35. The molecule has 0 aromatic carbocycles. The zero-order valence-corrected chi connectivity index (χ0v) is 10.2. The van der Waals surface area contributed by atoms with E-state index in [1.807, 2.05) is 4.90 Å². The summed E-state index contributed by atoms with van der Waals surface area (Å²) < 4.78 is 0. The molecule has 4 nitrogen and oxygen atoms in total. The molecule has 0 spiro atoms. The van der Waals surface area contributed by atoms with Crippen LogP contribution in [-0.4, -0.2) is 54.5 Å². The molecule has 2 aliphatic rings. The van der Waals surface area contributed by atoms with Crippen molar-refractivity contribution in [2.45, 2.75) is 32.2 Å². The van der Waals surface area contributed by atoms with Crippen molar-refractivity contribution < 1.29 is 4.79 Å². The lowest BCUT2D eigenvalue weighted by Gasteiger charge is -2.31. The highest BCUT2D eigenvalue weighted by atomic mass is 16.2. The van der Waals surface area contributed by atoms with Crippen molar-refractivity contribution in [3.8, 4) is 0 Å². The predicted molar refractivity (Wildman–Crippen MR) is 64.0 cm³/mol. The average Bonchev–Trinajstić information content (AvgIpc) is 2.65. The molecular weight excluding hydrogens is 202 g/mol. The van der Waals surface area contributed by atoms with Crippen molar-refractivity contribution in [3.63, 3.8) is 0 Å². The lowest BCUT2D eigenvalue weighted by molar-refractivity contribution is -0.133. The minimum atomic E-state index is 0.272. The van der Waals surface area contributed by atoms with Gasteiger partial charge in [0.15, 0.2) is 0 Å². The highest BCUT2D eigenvalue weighted by Gasteiger charge is 2.25. The monoisotopic (exact) mass is 225 g/mol. The third-order valence-corrected chi connectivity index (χ3v) is 3.80. The number of nitrogens with two attached hydrogens (primary N) is 1. The molecule has 0 saturated carbocycles. The van der Waals surface area contributed by atoms with E-state index >= 15 is 0 Å². The Hall–Kier alpha value is -0.610. The highest BCUT2D eigenvalue weighted by Crippen LogP contribution is 2.16. The number of hydrogen-bond acceptors (Lipinski definition) is 3. The molecule has 16 heavy (non-hydrogen) atoms. The standard InChI is InChI=1S/C12H23N3O/c1-10-2-6-15(7-3-10)12(16)9-14-5-4-11(13)8-14/h10-11H,2-9,13H2,1H3/t11-/m0/s1. The predicted octanol–water partition coefficient (Wildman–Crippen LogP) is 0.278. The van der Waals surface area contributed by atoms with Crippen molar-refractivity contribution >= 4 is 5.91 Å². The molecule has 0 aromatic heterocycles. The van der Waals surface area contributed by atoms with Crippen LogP contribution < -0.4 is 5.73 Å². The Labute approximate surface area is 97.8 Å². The minimum Gasteiger partial charge on any atom is -0.342 e. The number of piperidine rings is 1. The summed E-state index contributed by atoms with van der Waals surface area (Å²) >= 11 is 0. The molecule has 2 rings (SSSR count). The van der Waals surface area contributed by atoms with Gasteiger partial charge >= 0.3 is 0 Å². The molecule has 2 N–H and O–H groups in total. The van der Waals surface area contributed by atoms with Gasteiger partial charge in [0.2, 0.25) is 5.91 Å². The zero-order chi connectivity index (χ0) is 11.5. The van der Waals surface area contributed by atoms with Crippen LogP contribution in [0.3, 0.4) is 0 Å². The number of carbonyl (C=O) groups is 1. The maximum atomic E-state index is 12.0. The summed E-state index contributed by atoms with van der Waals surface area (Å²) in [5.74, 6) is 1.07. The fraction of sp³-hybridized carbons (Fsp3) is 0.917. The Kier molecular flexibility index (Phi) is 3.82. The lowest BCUT2D eigenvalue weighted by atomic mass is 9.99. The van der Waals surface area contributed by atoms with Crippen molar-refractivity contribution in [3.05, 3.63) is 0 Å². The molecule has 1 atom stereocenters. The quantitative estimate of drug-likeness (QED) is 0.734. The summed E-state index contributed by atoms with van der Waals surface area (Å²) in [6.45, 7) is 6.59. The van der Waals surface area contributed by atoms with E-state index in [0.29, 0.717) is 12.5 Å². The van der Waals surface area contributed by atoms with Crippen LogP contribution >= 0.6 is 0 Å². The molecule has 92 valence electrons. The van der Waals surface area contributed by atoms with E-state index in [2.05, 4.69) is 11.8 Å². The number of hydrogen-bond donors (Lipinski definition) is 1. The van der Waals surface area contributed by atoms with Crippen LogP contribution in [0.25, 0.3) is 0 Å². The Bertz CT molecular complexity index is 249. The fourth-order valence-corrected chi connectivity index (χ4v) is 2.56. The van der Waals surface area contributed by atoms with Crippen LogP contribution in [-0.2, 0) is 4.79 Å². The summed E-state index contributed by atoms with van der Waals surface area (Å²) in [5.41, 5.74) is 5.83. The fourth-order valence-electron chi connectivity index (χ4n) is 2.56. The third kappa shape index (κ3) is 2.95. The molecule has 4 heteroatoms. The van der Waals surface area contributed by atoms with Gasteiger partial charge in [0.05, 0.1) is 6.54 Å². The van der Waals surface area contributed by atoms with Gasteiger partial charge in [-0.15, -0.1) is 0 Å². The normalized spacial score (nSPS) is 28.6. The number of carbonyl (C=O) groups excluding carboxylic acids is 1. The zero-order valence-electron chi connectivity index (χ0n) is 10.2. The first kappa shape index (κ1) is 11.9. The average molecular weight is 225 g/mol. The number of nitrogens with zero attached hydrogens (tertiary/aromatic N) is 2. The molecule has 2 fully saturated rings. The first-order valence-electron chi connectivity index (χ1n) is 6.41.